The Morgan fingerprint density at radius 2 is 2.25 bits per heavy atom. The Morgan fingerprint density at radius 3 is 2.85 bits per heavy atom. The summed E-state index contributed by atoms with van der Waals surface area (Å²) >= 11 is 3.71. The van der Waals surface area contributed by atoms with Gasteiger partial charge >= 0.3 is 0 Å². The fourth-order valence-electron chi connectivity index (χ4n) is 3.00. The second kappa shape index (κ2) is 7.55. The summed E-state index contributed by atoms with van der Waals surface area (Å²) in [6.07, 6.45) is 1.34. The number of hydrogen-bond acceptors (Lipinski definition) is 3. The molecular weight excluding hydrogens is 314 g/mol. The zero-order chi connectivity index (χ0) is 14.5. The Morgan fingerprint density at radius 1 is 1.45 bits per heavy atom. The van der Waals surface area contributed by atoms with Gasteiger partial charge in [-0.3, -0.25) is 0 Å². The van der Waals surface area contributed by atoms with Gasteiger partial charge in [0, 0.05) is 30.7 Å². The molecule has 3 nitrogen and oxygen atoms in total. The zero-order valence-corrected chi connectivity index (χ0v) is 14.4. The van der Waals surface area contributed by atoms with Crippen molar-refractivity contribution in [3.8, 4) is 0 Å². The summed E-state index contributed by atoms with van der Waals surface area (Å²) in [7, 11) is 6.43. The molecule has 0 spiro atoms. The maximum absolute atomic E-state index is 3.71. The largest absolute Gasteiger partial charge is 0.316 e. The van der Waals surface area contributed by atoms with Crippen LogP contribution in [0.3, 0.4) is 0 Å². The Labute approximate surface area is 131 Å². The second-order valence-corrected chi connectivity index (χ2v) is 6.92. The molecule has 2 rings (SSSR count). The molecule has 112 valence electrons. The van der Waals surface area contributed by atoms with E-state index in [-0.39, 0.29) is 0 Å². The lowest BCUT2D eigenvalue weighted by molar-refractivity contribution is 0.267. The number of likely N-dealkylation sites (tertiary alicyclic amines) is 1. The standard InChI is InChI=1S/C16H26BrN3/c1-18-9-13-4-5-15(16(17)8-13)12-20(3)11-14-6-7-19(2)10-14/h4-5,8,14,18H,6-7,9-12H2,1-3H3. The average Bonchev–Trinajstić information content (AvgIpc) is 2.78. The van der Waals surface area contributed by atoms with Gasteiger partial charge in [-0.25, -0.2) is 0 Å². The topological polar surface area (TPSA) is 18.5 Å². The Bertz CT molecular complexity index is 436. The molecule has 1 saturated heterocycles. The molecule has 0 aromatic heterocycles. The molecule has 1 heterocycles. The molecule has 20 heavy (non-hydrogen) atoms. The van der Waals surface area contributed by atoms with E-state index < -0.39 is 0 Å². The first-order valence-electron chi connectivity index (χ1n) is 7.37. The molecule has 0 bridgehead atoms. The number of rotatable bonds is 6. The molecule has 4 heteroatoms. The number of hydrogen-bond donors (Lipinski definition) is 1. The van der Waals surface area contributed by atoms with E-state index in [9.17, 15) is 0 Å². The molecule has 0 aliphatic carbocycles. The van der Waals surface area contributed by atoms with Gasteiger partial charge in [-0.15, -0.1) is 0 Å². The fraction of sp³-hybridized carbons (Fsp3) is 0.625. The highest BCUT2D eigenvalue weighted by Crippen LogP contribution is 2.21. The third-order valence-corrected chi connectivity index (χ3v) is 4.74. The van der Waals surface area contributed by atoms with Crippen molar-refractivity contribution in [3.63, 3.8) is 0 Å². The van der Waals surface area contributed by atoms with E-state index in [1.807, 2.05) is 7.05 Å². The molecule has 0 saturated carbocycles. The lowest BCUT2D eigenvalue weighted by Gasteiger charge is -2.21. The third kappa shape index (κ3) is 4.55. The van der Waals surface area contributed by atoms with Crippen LogP contribution < -0.4 is 5.32 Å². The van der Waals surface area contributed by atoms with Crippen LogP contribution >= 0.6 is 15.9 Å². The average molecular weight is 340 g/mol. The minimum Gasteiger partial charge on any atom is -0.316 e. The lowest BCUT2D eigenvalue weighted by Crippen LogP contribution is -2.27. The smallest absolute Gasteiger partial charge is 0.0242 e. The SMILES string of the molecule is CNCc1ccc(CN(C)CC2CCN(C)C2)c(Br)c1. The van der Waals surface area contributed by atoms with Gasteiger partial charge in [-0.05, 0) is 57.2 Å². The predicted molar refractivity (Wildman–Crippen MR) is 88.8 cm³/mol. The molecular formula is C16H26BrN3. The van der Waals surface area contributed by atoms with Crippen molar-refractivity contribution < 1.29 is 0 Å². The van der Waals surface area contributed by atoms with E-state index in [2.05, 4.69) is 63.3 Å². The molecule has 1 unspecified atom stereocenters. The van der Waals surface area contributed by atoms with Gasteiger partial charge in [0.05, 0.1) is 0 Å². The van der Waals surface area contributed by atoms with Gasteiger partial charge in [0.25, 0.3) is 0 Å². The molecule has 1 aliphatic rings. The monoisotopic (exact) mass is 339 g/mol. The van der Waals surface area contributed by atoms with Gasteiger partial charge in [0.2, 0.25) is 0 Å². The van der Waals surface area contributed by atoms with Crippen molar-refractivity contribution in [2.24, 2.45) is 5.92 Å². The van der Waals surface area contributed by atoms with Crippen molar-refractivity contribution in [2.45, 2.75) is 19.5 Å². The first kappa shape index (κ1) is 16.0. The van der Waals surface area contributed by atoms with E-state index in [4.69, 9.17) is 0 Å². The Balaban J connectivity index is 1.88. The van der Waals surface area contributed by atoms with Crippen LogP contribution in [-0.2, 0) is 13.1 Å². The van der Waals surface area contributed by atoms with Crippen LogP contribution in [0.15, 0.2) is 22.7 Å². The van der Waals surface area contributed by atoms with Crippen molar-refractivity contribution in [3.05, 3.63) is 33.8 Å². The number of benzene rings is 1. The third-order valence-electron chi connectivity index (χ3n) is 4.00. The van der Waals surface area contributed by atoms with Crippen molar-refractivity contribution >= 4 is 15.9 Å². The normalized spacial score (nSPS) is 19.9. The van der Waals surface area contributed by atoms with Crippen LogP contribution in [0.4, 0.5) is 0 Å². The summed E-state index contributed by atoms with van der Waals surface area (Å²) in [5.74, 6) is 0.826. The molecule has 1 aromatic carbocycles. The number of nitrogens with zero attached hydrogens (tertiary/aromatic N) is 2. The molecule has 1 atom stereocenters. The summed E-state index contributed by atoms with van der Waals surface area (Å²) in [5, 5.41) is 3.19. The summed E-state index contributed by atoms with van der Waals surface area (Å²) in [4.78, 5) is 4.88. The minimum absolute atomic E-state index is 0.826. The van der Waals surface area contributed by atoms with Gasteiger partial charge < -0.3 is 15.1 Å². The van der Waals surface area contributed by atoms with E-state index in [0.29, 0.717) is 0 Å². The van der Waals surface area contributed by atoms with E-state index >= 15 is 0 Å². The van der Waals surface area contributed by atoms with Crippen molar-refractivity contribution in [1.82, 2.24) is 15.1 Å². The second-order valence-electron chi connectivity index (χ2n) is 6.07. The van der Waals surface area contributed by atoms with Crippen molar-refractivity contribution in [2.75, 3.05) is 40.8 Å². The highest BCUT2D eigenvalue weighted by atomic mass is 79.9. The summed E-state index contributed by atoms with van der Waals surface area (Å²) in [6, 6.07) is 6.69. The van der Waals surface area contributed by atoms with Crippen LogP contribution in [0.1, 0.15) is 17.5 Å². The summed E-state index contributed by atoms with van der Waals surface area (Å²) in [6.45, 7) is 5.62. The highest BCUT2D eigenvalue weighted by molar-refractivity contribution is 9.10. The summed E-state index contributed by atoms with van der Waals surface area (Å²) in [5.41, 5.74) is 2.70. The molecule has 1 aliphatic heterocycles. The summed E-state index contributed by atoms with van der Waals surface area (Å²) < 4.78 is 1.22. The van der Waals surface area contributed by atoms with Crippen LogP contribution in [0, 0.1) is 5.92 Å². The van der Waals surface area contributed by atoms with E-state index in [1.165, 1.54) is 41.7 Å². The highest BCUT2D eigenvalue weighted by Gasteiger charge is 2.20. The van der Waals surface area contributed by atoms with Gasteiger partial charge in [0.1, 0.15) is 0 Å². The van der Waals surface area contributed by atoms with Gasteiger partial charge in [-0.1, -0.05) is 28.1 Å². The maximum Gasteiger partial charge on any atom is 0.0242 e. The van der Waals surface area contributed by atoms with Gasteiger partial charge in [-0.2, -0.15) is 0 Å². The Hall–Kier alpha value is -0.420. The van der Waals surface area contributed by atoms with E-state index in [0.717, 1.165) is 19.0 Å². The minimum atomic E-state index is 0.826. The van der Waals surface area contributed by atoms with Crippen LogP contribution in [-0.4, -0.2) is 50.6 Å². The van der Waals surface area contributed by atoms with Crippen LogP contribution in [0.25, 0.3) is 0 Å². The first-order chi connectivity index (χ1) is 9.58. The molecule has 0 radical (unpaired) electrons. The molecule has 1 aromatic rings. The predicted octanol–water partition coefficient (Wildman–Crippen LogP) is 2.55. The zero-order valence-electron chi connectivity index (χ0n) is 12.8. The van der Waals surface area contributed by atoms with Crippen molar-refractivity contribution in [1.29, 1.82) is 0 Å². The molecule has 0 amide bonds. The first-order valence-corrected chi connectivity index (χ1v) is 8.16. The fourth-order valence-corrected chi connectivity index (χ4v) is 3.56. The van der Waals surface area contributed by atoms with Crippen LogP contribution in [0.2, 0.25) is 0 Å². The quantitative estimate of drug-likeness (QED) is 0.859. The molecule has 1 N–H and O–H groups in total. The van der Waals surface area contributed by atoms with Crippen LogP contribution in [0.5, 0.6) is 0 Å². The Kier molecular flexibility index (Phi) is 6.02. The molecule has 1 fully saturated rings. The van der Waals surface area contributed by atoms with Gasteiger partial charge in [0.15, 0.2) is 0 Å². The lowest BCUT2D eigenvalue weighted by atomic mass is 10.1. The number of halogens is 1. The van der Waals surface area contributed by atoms with E-state index in [1.54, 1.807) is 0 Å². The number of nitrogens with one attached hydrogen (secondary N) is 1. The maximum atomic E-state index is 3.71.